The van der Waals surface area contributed by atoms with Gasteiger partial charge < -0.3 is 9.85 Å². The summed E-state index contributed by atoms with van der Waals surface area (Å²) in [6.45, 7) is 2.13. The van der Waals surface area contributed by atoms with Crippen LogP contribution in [-0.4, -0.2) is 22.6 Å². The molecule has 0 N–H and O–H groups in total. The highest BCUT2D eigenvalue weighted by Crippen LogP contribution is 2.24. The molecule has 1 aliphatic rings. The Morgan fingerprint density at radius 1 is 1.19 bits per heavy atom. The van der Waals surface area contributed by atoms with Crippen molar-refractivity contribution in [1.82, 2.24) is 0 Å². The monoisotopic (exact) mass is 283 g/mol. The smallest absolute Gasteiger partial charge is 0.104 e. The molecular weight excluding hydrogens is 266 g/mol. The van der Waals surface area contributed by atoms with Crippen LogP contribution in [0.3, 0.4) is 0 Å². The van der Waals surface area contributed by atoms with Gasteiger partial charge in [0.05, 0.1) is 13.1 Å². The Bertz CT molecular complexity index is 330. The van der Waals surface area contributed by atoms with Gasteiger partial charge in [0.15, 0.2) is 0 Å². The zero-order chi connectivity index (χ0) is 11.4. The molecule has 0 radical (unpaired) electrons. The van der Waals surface area contributed by atoms with Gasteiger partial charge in [-0.25, -0.2) is 0 Å². The van der Waals surface area contributed by atoms with Crippen LogP contribution in [-0.2, 0) is 6.54 Å². The number of nitrogens with zero attached hydrogens (tertiary/aromatic N) is 1. The third kappa shape index (κ3) is 3.30. The van der Waals surface area contributed by atoms with Crippen LogP contribution in [0.15, 0.2) is 30.3 Å². The molecule has 2 unspecified atom stereocenters. The number of hydroxylamine groups is 3. The largest absolute Gasteiger partial charge is 0.633 e. The quantitative estimate of drug-likeness (QED) is 0.463. The number of hydrogen-bond donors (Lipinski definition) is 0. The topological polar surface area (TPSA) is 23.1 Å². The molecular formula is C13H18BrNO. The average molecular weight is 284 g/mol. The maximum Gasteiger partial charge on any atom is 0.104 e. The number of halogens is 1. The molecule has 2 nitrogen and oxygen atoms in total. The summed E-state index contributed by atoms with van der Waals surface area (Å²) in [5.74, 6) is 0. The second kappa shape index (κ2) is 5.30. The van der Waals surface area contributed by atoms with Gasteiger partial charge in [-0.05, 0) is 12.8 Å². The Balaban J connectivity index is 2.02. The fourth-order valence-corrected chi connectivity index (χ4v) is 2.84. The van der Waals surface area contributed by atoms with Crippen LogP contribution in [0.5, 0.6) is 0 Å². The van der Waals surface area contributed by atoms with E-state index < -0.39 is 0 Å². The molecule has 16 heavy (non-hydrogen) atoms. The minimum absolute atomic E-state index is 0.0495. The van der Waals surface area contributed by atoms with Crippen LogP contribution < -0.4 is 0 Å². The lowest BCUT2D eigenvalue weighted by Gasteiger charge is -2.42. The zero-order valence-electron chi connectivity index (χ0n) is 9.44. The summed E-state index contributed by atoms with van der Waals surface area (Å²) in [4.78, 5) is 0.539. The first-order chi connectivity index (χ1) is 7.68. The van der Waals surface area contributed by atoms with Crippen LogP contribution in [0.2, 0.25) is 0 Å². The minimum Gasteiger partial charge on any atom is -0.633 e. The standard InChI is InChI=1S/C13H18BrNO/c14-13-7-4-9-15(16,10-8-13)11-12-5-2-1-3-6-12/h1-3,5-6,13H,4,7-11H2. The van der Waals surface area contributed by atoms with Gasteiger partial charge in [0.25, 0.3) is 0 Å². The Labute approximate surface area is 106 Å². The van der Waals surface area contributed by atoms with E-state index in [1.807, 2.05) is 18.2 Å². The summed E-state index contributed by atoms with van der Waals surface area (Å²) in [6.07, 6.45) is 3.17. The van der Waals surface area contributed by atoms with Crippen molar-refractivity contribution >= 4 is 15.9 Å². The van der Waals surface area contributed by atoms with Crippen LogP contribution in [0.25, 0.3) is 0 Å². The maximum atomic E-state index is 12.6. The molecule has 1 aromatic rings. The van der Waals surface area contributed by atoms with Crippen molar-refractivity contribution in [3.63, 3.8) is 0 Å². The Hall–Kier alpha value is -0.380. The van der Waals surface area contributed by atoms with Crippen LogP contribution in [0.4, 0.5) is 0 Å². The summed E-state index contributed by atoms with van der Waals surface area (Å²) >= 11 is 3.63. The Kier molecular flexibility index (Phi) is 4.00. The number of likely N-dealkylation sites (tertiary alicyclic amines) is 1. The minimum atomic E-state index is -0.0495. The van der Waals surface area contributed by atoms with E-state index in [9.17, 15) is 5.21 Å². The highest BCUT2D eigenvalue weighted by molar-refractivity contribution is 9.09. The molecule has 1 heterocycles. The van der Waals surface area contributed by atoms with Crippen molar-refractivity contribution < 1.29 is 4.65 Å². The van der Waals surface area contributed by atoms with Crippen LogP contribution >= 0.6 is 15.9 Å². The average Bonchev–Trinajstić information content (AvgIpc) is 2.43. The molecule has 0 aromatic heterocycles. The number of quaternary nitrogens is 1. The molecule has 1 saturated heterocycles. The number of benzene rings is 1. The predicted molar refractivity (Wildman–Crippen MR) is 70.1 cm³/mol. The molecule has 1 fully saturated rings. The van der Waals surface area contributed by atoms with Gasteiger partial charge in [0.2, 0.25) is 0 Å². The lowest BCUT2D eigenvalue weighted by atomic mass is 10.2. The summed E-state index contributed by atoms with van der Waals surface area (Å²) in [6, 6.07) is 10.1. The molecule has 0 amide bonds. The maximum absolute atomic E-state index is 12.6. The van der Waals surface area contributed by atoms with E-state index >= 15 is 0 Å². The van der Waals surface area contributed by atoms with E-state index in [1.165, 1.54) is 0 Å². The van der Waals surface area contributed by atoms with Crippen molar-refractivity contribution in [3.8, 4) is 0 Å². The molecule has 0 saturated carbocycles. The third-order valence-corrected chi connectivity index (χ3v) is 4.16. The molecule has 2 rings (SSSR count). The number of hydrogen-bond acceptors (Lipinski definition) is 1. The first kappa shape index (κ1) is 12.1. The molecule has 88 valence electrons. The van der Waals surface area contributed by atoms with Gasteiger partial charge in [0, 0.05) is 16.8 Å². The summed E-state index contributed by atoms with van der Waals surface area (Å²) in [5, 5.41) is 12.6. The van der Waals surface area contributed by atoms with Crippen molar-refractivity contribution in [2.75, 3.05) is 13.1 Å². The third-order valence-electron chi connectivity index (χ3n) is 3.25. The molecule has 1 aromatic carbocycles. The fourth-order valence-electron chi connectivity index (χ4n) is 2.31. The highest BCUT2D eigenvalue weighted by Gasteiger charge is 2.23. The van der Waals surface area contributed by atoms with E-state index in [0.717, 1.165) is 37.9 Å². The zero-order valence-corrected chi connectivity index (χ0v) is 11.0. The van der Waals surface area contributed by atoms with Crippen molar-refractivity contribution in [3.05, 3.63) is 41.1 Å². The van der Waals surface area contributed by atoms with Gasteiger partial charge in [0.1, 0.15) is 6.54 Å². The van der Waals surface area contributed by atoms with Crippen molar-refractivity contribution in [2.24, 2.45) is 0 Å². The van der Waals surface area contributed by atoms with E-state index in [4.69, 9.17) is 0 Å². The second-order valence-corrected chi connectivity index (χ2v) is 5.97. The van der Waals surface area contributed by atoms with Gasteiger partial charge >= 0.3 is 0 Å². The summed E-state index contributed by atoms with van der Waals surface area (Å²) in [7, 11) is 0. The normalized spacial score (nSPS) is 31.0. The van der Waals surface area contributed by atoms with Gasteiger partial charge in [-0.3, -0.25) is 0 Å². The van der Waals surface area contributed by atoms with Crippen molar-refractivity contribution in [1.29, 1.82) is 0 Å². The Morgan fingerprint density at radius 3 is 2.69 bits per heavy atom. The highest BCUT2D eigenvalue weighted by atomic mass is 79.9. The fraction of sp³-hybridized carbons (Fsp3) is 0.538. The molecule has 0 aliphatic carbocycles. The first-order valence-corrected chi connectivity index (χ1v) is 6.85. The summed E-state index contributed by atoms with van der Waals surface area (Å²) in [5.41, 5.74) is 1.16. The van der Waals surface area contributed by atoms with Gasteiger partial charge in [-0.15, -0.1) is 0 Å². The SMILES string of the molecule is [O-][N+]1(Cc2ccccc2)CCCC(Br)CC1. The molecule has 3 heteroatoms. The number of alkyl halides is 1. The van der Waals surface area contributed by atoms with E-state index in [0.29, 0.717) is 11.4 Å². The Morgan fingerprint density at radius 2 is 1.94 bits per heavy atom. The van der Waals surface area contributed by atoms with E-state index in [1.54, 1.807) is 0 Å². The van der Waals surface area contributed by atoms with E-state index in [-0.39, 0.29) is 4.65 Å². The van der Waals surface area contributed by atoms with Gasteiger partial charge in [-0.1, -0.05) is 46.3 Å². The van der Waals surface area contributed by atoms with Crippen LogP contribution in [0.1, 0.15) is 24.8 Å². The molecule has 1 aliphatic heterocycles. The van der Waals surface area contributed by atoms with Crippen molar-refractivity contribution in [2.45, 2.75) is 30.6 Å². The van der Waals surface area contributed by atoms with Gasteiger partial charge in [-0.2, -0.15) is 0 Å². The van der Waals surface area contributed by atoms with E-state index in [2.05, 4.69) is 28.1 Å². The van der Waals surface area contributed by atoms with Crippen LogP contribution in [0, 0.1) is 5.21 Å². The lowest BCUT2D eigenvalue weighted by molar-refractivity contribution is -0.893. The lowest BCUT2D eigenvalue weighted by Crippen LogP contribution is -2.42. The second-order valence-electron chi connectivity index (χ2n) is 4.68. The molecule has 0 bridgehead atoms. The number of rotatable bonds is 2. The molecule has 2 atom stereocenters. The predicted octanol–water partition coefficient (Wildman–Crippen LogP) is 3.45. The summed E-state index contributed by atoms with van der Waals surface area (Å²) < 4.78 is -0.0495. The first-order valence-electron chi connectivity index (χ1n) is 5.93. The molecule has 0 spiro atoms.